The lowest BCUT2D eigenvalue weighted by molar-refractivity contribution is -0.125. The molecule has 1 aromatic carbocycles. The molecule has 1 amide bonds. The smallest absolute Gasteiger partial charge is 0.224 e. The first-order chi connectivity index (χ1) is 13.2. The number of rotatable bonds is 6. The first kappa shape index (κ1) is 17.9. The van der Waals surface area contributed by atoms with Gasteiger partial charge in [-0.05, 0) is 43.9 Å². The zero-order valence-corrected chi connectivity index (χ0v) is 16.3. The van der Waals surface area contributed by atoms with Crippen LogP contribution in [-0.2, 0) is 11.3 Å². The highest BCUT2D eigenvalue weighted by atomic mass is 32.1. The molecular weight excluding hydrogens is 356 g/mol. The number of aromatic nitrogens is 3. The molecule has 5 nitrogen and oxygen atoms in total. The fourth-order valence-corrected chi connectivity index (χ4v) is 4.74. The van der Waals surface area contributed by atoms with Gasteiger partial charge in [0.1, 0.15) is 0 Å². The number of nitrogens with one attached hydrogen (secondary N) is 1. The standard InChI is InChI=1S/C21H24N4OS/c1-15-13-23-25(14-15)12-6-11-22-20(26)16-7-2-3-8-17(16)21-24-18-9-4-5-10-19(18)27-21/h2-5,9-10,13-14,16-17H,6-8,11-12H2,1H3,(H,22,26). The molecule has 2 aromatic heterocycles. The average Bonchev–Trinajstić information content (AvgIpc) is 3.31. The first-order valence-corrected chi connectivity index (χ1v) is 10.3. The summed E-state index contributed by atoms with van der Waals surface area (Å²) >= 11 is 1.72. The Balaban J connectivity index is 1.38. The van der Waals surface area contributed by atoms with Gasteiger partial charge in [-0.2, -0.15) is 5.10 Å². The third-order valence-electron chi connectivity index (χ3n) is 5.02. The lowest BCUT2D eigenvalue weighted by atomic mass is 9.82. The van der Waals surface area contributed by atoms with Crippen LogP contribution in [0.2, 0.25) is 0 Å². The van der Waals surface area contributed by atoms with Crippen LogP contribution in [0.1, 0.15) is 35.8 Å². The summed E-state index contributed by atoms with van der Waals surface area (Å²) in [6, 6.07) is 8.19. The Morgan fingerprint density at radius 2 is 2.15 bits per heavy atom. The van der Waals surface area contributed by atoms with Gasteiger partial charge in [0, 0.05) is 25.2 Å². The number of carbonyl (C=O) groups excluding carboxylic acids is 1. The summed E-state index contributed by atoms with van der Waals surface area (Å²) in [5.74, 6) is 0.268. The Morgan fingerprint density at radius 3 is 2.96 bits per heavy atom. The summed E-state index contributed by atoms with van der Waals surface area (Å²) in [5.41, 5.74) is 2.19. The van der Waals surface area contributed by atoms with E-state index in [4.69, 9.17) is 4.98 Å². The third kappa shape index (κ3) is 4.11. The second kappa shape index (κ2) is 8.05. The van der Waals surface area contributed by atoms with E-state index >= 15 is 0 Å². The van der Waals surface area contributed by atoms with E-state index in [1.165, 1.54) is 4.70 Å². The molecule has 4 rings (SSSR count). The molecule has 0 saturated carbocycles. The summed E-state index contributed by atoms with van der Waals surface area (Å²) in [6.45, 7) is 3.52. The molecule has 1 aliphatic rings. The molecule has 6 heteroatoms. The number of benzene rings is 1. The Kier molecular flexibility index (Phi) is 5.34. The van der Waals surface area contributed by atoms with Crippen LogP contribution >= 0.6 is 11.3 Å². The second-order valence-electron chi connectivity index (χ2n) is 7.10. The number of thiazole rings is 1. The number of allylic oxidation sites excluding steroid dienone is 2. The maximum Gasteiger partial charge on any atom is 0.224 e. The molecule has 2 atom stereocenters. The van der Waals surface area contributed by atoms with Gasteiger partial charge < -0.3 is 5.32 Å². The molecule has 0 saturated heterocycles. The number of para-hydroxylation sites is 1. The Morgan fingerprint density at radius 1 is 1.30 bits per heavy atom. The van der Waals surface area contributed by atoms with Crippen LogP contribution in [0.15, 0.2) is 48.8 Å². The van der Waals surface area contributed by atoms with Crippen LogP contribution in [0, 0.1) is 12.8 Å². The lowest BCUT2D eigenvalue weighted by Gasteiger charge is -2.26. The van der Waals surface area contributed by atoms with Gasteiger partial charge in [-0.3, -0.25) is 9.48 Å². The van der Waals surface area contributed by atoms with Gasteiger partial charge in [-0.1, -0.05) is 24.3 Å². The van der Waals surface area contributed by atoms with Crippen LogP contribution in [0.4, 0.5) is 0 Å². The third-order valence-corrected chi connectivity index (χ3v) is 6.19. The van der Waals surface area contributed by atoms with E-state index in [-0.39, 0.29) is 17.7 Å². The fourth-order valence-electron chi connectivity index (χ4n) is 3.60. The quantitative estimate of drug-likeness (QED) is 0.518. The van der Waals surface area contributed by atoms with Crippen molar-refractivity contribution in [3.63, 3.8) is 0 Å². The Bertz CT molecular complexity index is 925. The van der Waals surface area contributed by atoms with Crippen LogP contribution in [0.5, 0.6) is 0 Å². The van der Waals surface area contributed by atoms with Crippen LogP contribution in [-0.4, -0.2) is 27.2 Å². The molecule has 0 radical (unpaired) electrons. The maximum atomic E-state index is 12.8. The van der Waals surface area contributed by atoms with Gasteiger partial charge in [0.15, 0.2) is 0 Å². The lowest BCUT2D eigenvalue weighted by Crippen LogP contribution is -2.35. The zero-order valence-electron chi connectivity index (χ0n) is 15.5. The van der Waals surface area contributed by atoms with E-state index in [0.717, 1.165) is 41.9 Å². The van der Waals surface area contributed by atoms with Crippen LogP contribution in [0.25, 0.3) is 10.2 Å². The number of amides is 1. The summed E-state index contributed by atoms with van der Waals surface area (Å²) in [6.07, 6.45) is 10.7. The summed E-state index contributed by atoms with van der Waals surface area (Å²) in [5, 5.41) is 8.49. The molecule has 0 spiro atoms. The molecule has 140 valence electrons. The molecule has 2 unspecified atom stereocenters. The highest BCUT2D eigenvalue weighted by Gasteiger charge is 2.32. The molecule has 27 heavy (non-hydrogen) atoms. The molecule has 3 aromatic rings. The molecule has 0 fully saturated rings. The zero-order chi connectivity index (χ0) is 18.6. The minimum absolute atomic E-state index is 0.0393. The molecule has 0 aliphatic heterocycles. The number of fused-ring (bicyclic) bond motifs is 1. The predicted octanol–water partition coefficient (Wildman–Crippen LogP) is 4.06. The van der Waals surface area contributed by atoms with E-state index < -0.39 is 0 Å². The maximum absolute atomic E-state index is 12.8. The van der Waals surface area contributed by atoms with Crippen molar-refractivity contribution in [3.05, 3.63) is 59.4 Å². The summed E-state index contributed by atoms with van der Waals surface area (Å²) in [7, 11) is 0. The number of carbonyl (C=O) groups is 1. The van der Waals surface area contributed by atoms with E-state index in [1.807, 2.05) is 42.2 Å². The predicted molar refractivity (Wildman–Crippen MR) is 109 cm³/mol. The van der Waals surface area contributed by atoms with Gasteiger partial charge >= 0.3 is 0 Å². The van der Waals surface area contributed by atoms with Crippen molar-refractivity contribution in [2.45, 2.75) is 38.6 Å². The number of nitrogens with zero attached hydrogens (tertiary/aromatic N) is 3. The van der Waals surface area contributed by atoms with Crippen LogP contribution in [0.3, 0.4) is 0 Å². The van der Waals surface area contributed by atoms with E-state index in [0.29, 0.717) is 6.54 Å². The van der Waals surface area contributed by atoms with Gasteiger partial charge in [-0.15, -0.1) is 11.3 Å². The van der Waals surface area contributed by atoms with Crippen molar-refractivity contribution >= 4 is 27.5 Å². The first-order valence-electron chi connectivity index (χ1n) is 9.48. The van der Waals surface area contributed by atoms with Gasteiger partial charge in [-0.25, -0.2) is 4.98 Å². The number of hydrogen-bond acceptors (Lipinski definition) is 4. The van der Waals surface area contributed by atoms with E-state index in [1.54, 1.807) is 11.3 Å². The summed E-state index contributed by atoms with van der Waals surface area (Å²) in [4.78, 5) is 17.6. The average molecular weight is 381 g/mol. The van der Waals surface area contributed by atoms with Crippen molar-refractivity contribution in [1.82, 2.24) is 20.1 Å². The minimum atomic E-state index is -0.0393. The minimum Gasteiger partial charge on any atom is -0.356 e. The molecular formula is C21H24N4OS. The van der Waals surface area contributed by atoms with Crippen molar-refractivity contribution in [2.24, 2.45) is 5.92 Å². The molecule has 2 heterocycles. The monoisotopic (exact) mass is 380 g/mol. The topological polar surface area (TPSA) is 59.8 Å². The Hall–Kier alpha value is -2.47. The molecule has 1 N–H and O–H groups in total. The van der Waals surface area contributed by atoms with E-state index in [9.17, 15) is 4.79 Å². The van der Waals surface area contributed by atoms with Gasteiger partial charge in [0.05, 0.1) is 27.3 Å². The van der Waals surface area contributed by atoms with Gasteiger partial charge in [0.2, 0.25) is 5.91 Å². The number of hydrogen-bond donors (Lipinski definition) is 1. The highest BCUT2D eigenvalue weighted by molar-refractivity contribution is 7.18. The van der Waals surface area contributed by atoms with Crippen molar-refractivity contribution < 1.29 is 4.79 Å². The summed E-state index contributed by atoms with van der Waals surface area (Å²) < 4.78 is 3.12. The highest BCUT2D eigenvalue weighted by Crippen LogP contribution is 2.38. The largest absolute Gasteiger partial charge is 0.356 e. The number of aryl methyl sites for hydroxylation is 2. The van der Waals surface area contributed by atoms with Crippen LogP contribution < -0.4 is 5.32 Å². The Labute approximate surface area is 163 Å². The molecule has 0 bridgehead atoms. The molecule has 1 aliphatic carbocycles. The van der Waals surface area contributed by atoms with Crippen molar-refractivity contribution in [1.29, 1.82) is 0 Å². The fraction of sp³-hybridized carbons (Fsp3) is 0.381. The SMILES string of the molecule is Cc1cnn(CCCNC(=O)C2CC=CCC2c2nc3ccccc3s2)c1. The van der Waals surface area contributed by atoms with Crippen molar-refractivity contribution in [2.75, 3.05) is 6.54 Å². The van der Waals surface area contributed by atoms with E-state index in [2.05, 4.69) is 28.6 Å². The normalized spacial score (nSPS) is 19.4. The van der Waals surface area contributed by atoms with Crippen molar-refractivity contribution in [3.8, 4) is 0 Å². The second-order valence-corrected chi connectivity index (χ2v) is 8.16. The van der Waals surface area contributed by atoms with Gasteiger partial charge in [0.25, 0.3) is 0 Å².